The summed E-state index contributed by atoms with van der Waals surface area (Å²) in [6.45, 7) is 0.833. The molecule has 2 bridgehead atoms. The van der Waals surface area contributed by atoms with Gasteiger partial charge in [-0.25, -0.2) is 4.98 Å². The molecule has 2 fully saturated rings. The maximum atomic E-state index is 13.4. The summed E-state index contributed by atoms with van der Waals surface area (Å²) >= 11 is 0. The van der Waals surface area contributed by atoms with E-state index in [2.05, 4.69) is 9.97 Å². The van der Waals surface area contributed by atoms with Crippen molar-refractivity contribution < 1.29 is 19.4 Å². The number of aromatic amines is 1. The van der Waals surface area contributed by atoms with E-state index in [1.54, 1.807) is 29.2 Å². The first-order valence-corrected chi connectivity index (χ1v) is 10.1. The lowest BCUT2D eigenvalue weighted by Crippen LogP contribution is -2.44. The van der Waals surface area contributed by atoms with Crippen LogP contribution in [0, 0.1) is 11.8 Å². The first-order valence-electron chi connectivity index (χ1n) is 10.1. The van der Waals surface area contributed by atoms with Crippen molar-refractivity contribution in [3.63, 3.8) is 0 Å². The van der Waals surface area contributed by atoms with Gasteiger partial charge in [-0.05, 0) is 24.1 Å². The van der Waals surface area contributed by atoms with Gasteiger partial charge in [0.1, 0.15) is 11.4 Å². The van der Waals surface area contributed by atoms with Crippen LogP contribution in [0.3, 0.4) is 0 Å². The van der Waals surface area contributed by atoms with Crippen LogP contribution in [0.25, 0.3) is 0 Å². The lowest BCUT2D eigenvalue weighted by Gasteiger charge is -2.27. The average Bonchev–Trinajstić information content (AvgIpc) is 3.51. The molecule has 0 unspecified atom stereocenters. The summed E-state index contributed by atoms with van der Waals surface area (Å²) in [4.78, 5) is 37.2. The molecule has 4 heterocycles. The van der Waals surface area contributed by atoms with E-state index in [-0.39, 0.29) is 24.5 Å². The fraction of sp³-hybridized carbons (Fsp3) is 0.409. The van der Waals surface area contributed by atoms with E-state index in [0.29, 0.717) is 25.3 Å². The quantitative estimate of drug-likeness (QED) is 0.692. The lowest BCUT2D eigenvalue weighted by molar-refractivity contribution is -0.139. The molecular weight excluding hydrogens is 384 g/mol. The van der Waals surface area contributed by atoms with Gasteiger partial charge in [0.25, 0.3) is 0 Å². The molecule has 3 aliphatic rings. The second-order valence-electron chi connectivity index (χ2n) is 8.19. The molecule has 0 radical (unpaired) electrons. The number of carbonyl (C=O) groups is 2. The van der Waals surface area contributed by atoms with E-state index < -0.39 is 17.4 Å². The number of nitrogens with one attached hydrogen (secondary N) is 1. The molecule has 1 spiro atoms. The first-order chi connectivity index (χ1) is 14.5. The van der Waals surface area contributed by atoms with E-state index in [1.165, 1.54) is 0 Å². The minimum atomic E-state index is -0.753. The lowest BCUT2D eigenvalue weighted by atomic mass is 9.76. The molecule has 156 valence electrons. The maximum absolute atomic E-state index is 13.4. The number of ether oxygens (including phenoxy) is 1. The number of fused-ring (bicyclic) bond motifs is 1. The van der Waals surface area contributed by atoms with Gasteiger partial charge in [0.15, 0.2) is 0 Å². The minimum Gasteiger partial charge on any atom is -0.396 e. The van der Waals surface area contributed by atoms with Crippen LogP contribution in [0.5, 0.6) is 0 Å². The molecule has 2 saturated heterocycles. The Balaban J connectivity index is 1.39. The number of carbonyl (C=O) groups excluding carboxylic acids is 2. The van der Waals surface area contributed by atoms with E-state index in [4.69, 9.17) is 9.84 Å². The predicted molar refractivity (Wildman–Crippen MR) is 108 cm³/mol. The molecule has 1 aromatic carbocycles. The van der Waals surface area contributed by atoms with Crippen molar-refractivity contribution in [2.24, 2.45) is 11.8 Å². The monoisotopic (exact) mass is 408 g/mol. The third-order valence-electron chi connectivity index (χ3n) is 6.35. The SMILES string of the molecule is CN(Cc1ncc[nH]1)C(=O)[C@@H]1[C@@H]2C=C[C@@]3(CN(c4ccc(CCO)cc4)C(=O)[C@@H]13)O2. The smallest absolute Gasteiger partial charge is 0.234 e. The van der Waals surface area contributed by atoms with Crippen molar-refractivity contribution in [1.82, 2.24) is 14.9 Å². The average molecular weight is 408 g/mol. The van der Waals surface area contributed by atoms with Gasteiger partial charge < -0.3 is 24.6 Å². The van der Waals surface area contributed by atoms with E-state index >= 15 is 0 Å². The normalized spacial score (nSPS) is 28.9. The van der Waals surface area contributed by atoms with E-state index in [0.717, 1.165) is 11.3 Å². The molecule has 2 N–H and O–H groups in total. The van der Waals surface area contributed by atoms with Crippen molar-refractivity contribution in [3.8, 4) is 0 Å². The third kappa shape index (κ3) is 2.86. The standard InChI is InChI=1S/C22H24N4O4/c1-25(12-17-23-9-10-24-17)20(28)18-16-6-8-22(30-16)13-26(21(29)19(18)22)15-4-2-14(3-5-15)7-11-27/h2-6,8-10,16,18-19,27H,7,11-13H2,1H3,(H,23,24)/t16-,18+,19+,22-/m0/s1. The molecule has 30 heavy (non-hydrogen) atoms. The van der Waals surface area contributed by atoms with Crippen molar-refractivity contribution in [2.75, 3.05) is 25.1 Å². The van der Waals surface area contributed by atoms with Crippen molar-refractivity contribution in [2.45, 2.75) is 24.7 Å². The Hall–Kier alpha value is -2.97. The maximum Gasteiger partial charge on any atom is 0.234 e. The minimum absolute atomic E-state index is 0.0819. The Labute approximate surface area is 174 Å². The highest BCUT2D eigenvalue weighted by Gasteiger charge is 2.67. The van der Waals surface area contributed by atoms with Crippen LogP contribution in [0.1, 0.15) is 11.4 Å². The Bertz CT molecular complexity index is 987. The van der Waals surface area contributed by atoms with Gasteiger partial charge >= 0.3 is 0 Å². The van der Waals surface area contributed by atoms with Crippen LogP contribution in [-0.2, 0) is 27.3 Å². The van der Waals surface area contributed by atoms with Crippen molar-refractivity contribution in [3.05, 3.63) is 60.2 Å². The van der Waals surface area contributed by atoms with Gasteiger partial charge in [0, 0.05) is 31.7 Å². The number of rotatable bonds is 6. The highest BCUT2D eigenvalue weighted by Crippen LogP contribution is 2.53. The molecule has 3 aliphatic heterocycles. The Kier molecular flexibility index (Phi) is 4.48. The summed E-state index contributed by atoms with van der Waals surface area (Å²) in [5, 5.41) is 9.10. The largest absolute Gasteiger partial charge is 0.396 e. The summed E-state index contributed by atoms with van der Waals surface area (Å²) in [7, 11) is 1.73. The number of hydrogen-bond acceptors (Lipinski definition) is 5. The van der Waals surface area contributed by atoms with Gasteiger partial charge in [-0.3, -0.25) is 9.59 Å². The number of aliphatic hydroxyl groups is 1. The molecule has 2 amide bonds. The van der Waals surface area contributed by atoms with Crippen LogP contribution >= 0.6 is 0 Å². The van der Waals surface area contributed by atoms with Crippen LogP contribution in [0.2, 0.25) is 0 Å². The van der Waals surface area contributed by atoms with Gasteiger partial charge in [0.2, 0.25) is 11.8 Å². The van der Waals surface area contributed by atoms with Crippen molar-refractivity contribution in [1.29, 1.82) is 0 Å². The van der Waals surface area contributed by atoms with Gasteiger partial charge in [-0.1, -0.05) is 24.3 Å². The van der Waals surface area contributed by atoms with Crippen LogP contribution in [0.4, 0.5) is 5.69 Å². The number of amides is 2. The molecule has 0 saturated carbocycles. The predicted octanol–water partition coefficient (Wildman–Crippen LogP) is 0.889. The summed E-state index contributed by atoms with van der Waals surface area (Å²) in [6.07, 6.45) is 7.44. The number of H-pyrrole nitrogens is 1. The molecule has 0 aliphatic carbocycles. The van der Waals surface area contributed by atoms with Crippen LogP contribution < -0.4 is 4.90 Å². The molecular formula is C22H24N4O4. The molecule has 8 heteroatoms. The Morgan fingerprint density at radius 1 is 1.40 bits per heavy atom. The number of aromatic nitrogens is 2. The van der Waals surface area contributed by atoms with Gasteiger partial charge in [-0.2, -0.15) is 0 Å². The molecule has 1 aromatic heterocycles. The number of hydrogen-bond donors (Lipinski definition) is 2. The number of aliphatic hydroxyl groups excluding tert-OH is 1. The highest BCUT2D eigenvalue weighted by molar-refractivity contribution is 6.03. The number of nitrogens with zero attached hydrogens (tertiary/aromatic N) is 3. The molecule has 5 rings (SSSR count). The number of benzene rings is 1. The third-order valence-corrected chi connectivity index (χ3v) is 6.35. The zero-order valence-electron chi connectivity index (χ0n) is 16.7. The number of anilines is 1. The topological polar surface area (TPSA) is 98.8 Å². The summed E-state index contributed by atoms with van der Waals surface area (Å²) in [5.41, 5.74) is 1.04. The van der Waals surface area contributed by atoms with E-state index in [1.807, 2.05) is 36.4 Å². The second kappa shape index (κ2) is 7.07. The molecule has 4 atom stereocenters. The summed E-state index contributed by atoms with van der Waals surface area (Å²) in [5.74, 6) is -0.567. The van der Waals surface area contributed by atoms with Crippen LogP contribution in [-0.4, -0.2) is 63.7 Å². The summed E-state index contributed by atoms with van der Waals surface area (Å²) in [6, 6.07) is 7.60. The zero-order valence-corrected chi connectivity index (χ0v) is 16.7. The van der Waals surface area contributed by atoms with E-state index in [9.17, 15) is 9.59 Å². The second-order valence-corrected chi connectivity index (χ2v) is 8.19. The van der Waals surface area contributed by atoms with Crippen LogP contribution in [0.15, 0.2) is 48.8 Å². The fourth-order valence-electron chi connectivity index (χ4n) is 4.91. The fourth-order valence-corrected chi connectivity index (χ4v) is 4.91. The summed E-state index contributed by atoms with van der Waals surface area (Å²) < 4.78 is 6.21. The zero-order chi connectivity index (χ0) is 20.9. The highest BCUT2D eigenvalue weighted by atomic mass is 16.5. The van der Waals surface area contributed by atoms with Gasteiger partial charge in [0.05, 0.1) is 31.0 Å². The van der Waals surface area contributed by atoms with Gasteiger partial charge in [-0.15, -0.1) is 0 Å². The first kappa shape index (κ1) is 19.0. The molecule has 8 nitrogen and oxygen atoms in total. The Morgan fingerprint density at radius 2 is 2.20 bits per heavy atom. The van der Waals surface area contributed by atoms with Crippen molar-refractivity contribution >= 4 is 17.5 Å². The Morgan fingerprint density at radius 3 is 2.90 bits per heavy atom. The number of imidazole rings is 1. The molecule has 2 aromatic rings.